The summed E-state index contributed by atoms with van der Waals surface area (Å²) in [4.78, 5) is 28.0. The summed E-state index contributed by atoms with van der Waals surface area (Å²) >= 11 is 0. The number of carbonyl (C=O) groups excluding carboxylic acids is 1. The zero-order chi connectivity index (χ0) is 13.0. The highest BCUT2D eigenvalue weighted by molar-refractivity contribution is 5.94. The summed E-state index contributed by atoms with van der Waals surface area (Å²) in [6.45, 7) is 4.55. The van der Waals surface area contributed by atoms with Gasteiger partial charge in [-0.05, 0) is 38.9 Å². The molecule has 0 unspecified atom stereocenters. The summed E-state index contributed by atoms with van der Waals surface area (Å²) in [5, 5.41) is 3.29. The summed E-state index contributed by atoms with van der Waals surface area (Å²) < 4.78 is 0. The van der Waals surface area contributed by atoms with E-state index < -0.39 is 0 Å². The van der Waals surface area contributed by atoms with Crippen molar-refractivity contribution in [2.45, 2.75) is 25.8 Å². The molecule has 0 bridgehead atoms. The monoisotopic (exact) mass is 249 g/mol. The van der Waals surface area contributed by atoms with E-state index in [0.29, 0.717) is 12.1 Å². The van der Waals surface area contributed by atoms with E-state index in [1.807, 2.05) is 11.8 Å². The molecule has 2 rings (SSSR count). The van der Waals surface area contributed by atoms with Crippen LogP contribution in [0.25, 0.3) is 0 Å². The number of hydrogen-bond acceptors (Lipinski definition) is 3. The Balaban J connectivity index is 2.16. The molecule has 0 radical (unpaired) electrons. The van der Waals surface area contributed by atoms with Crippen molar-refractivity contribution in [2.75, 3.05) is 19.6 Å². The van der Waals surface area contributed by atoms with Crippen molar-refractivity contribution in [1.82, 2.24) is 15.2 Å². The number of rotatable bonds is 3. The fourth-order valence-corrected chi connectivity index (χ4v) is 2.43. The lowest BCUT2D eigenvalue weighted by atomic mass is 10.0. The van der Waals surface area contributed by atoms with Gasteiger partial charge < -0.3 is 15.2 Å². The maximum Gasteiger partial charge on any atom is 0.254 e. The largest absolute Gasteiger partial charge is 0.336 e. The summed E-state index contributed by atoms with van der Waals surface area (Å²) in [6, 6.07) is 3.31. The van der Waals surface area contributed by atoms with Gasteiger partial charge in [-0.2, -0.15) is 0 Å². The van der Waals surface area contributed by atoms with E-state index in [1.165, 1.54) is 12.3 Å². The Morgan fingerprint density at radius 1 is 1.44 bits per heavy atom. The third kappa shape index (κ3) is 2.79. The molecule has 1 aromatic heterocycles. The van der Waals surface area contributed by atoms with E-state index in [-0.39, 0.29) is 17.5 Å². The molecule has 2 N–H and O–H groups in total. The molecule has 2 heterocycles. The smallest absolute Gasteiger partial charge is 0.254 e. The Morgan fingerprint density at radius 3 is 2.78 bits per heavy atom. The van der Waals surface area contributed by atoms with Crippen LogP contribution >= 0.6 is 0 Å². The lowest BCUT2D eigenvalue weighted by Crippen LogP contribution is -2.46. The van der Waals surface area contributed by atoms with E-state index in [2.05, 4.69) is 10.3 Å². The van der Waals surface area contributed by atoms with Crippen molar-refractivity contribution in [3.8, 4) is 0 Å². The fourth-order valence-electron chi connectivity index (χ4n) is 2.43. The Bertz CT molecular complexity index is 463. The molecule has 0 saturated carbocycles. The van der Waals surface area contributed by atoms with Gasteiger partial charge in [0.25, 0.3) is 5.91 Å². The molecule has 1 amide bonds. The number of aromatic amines is 1. The predicted molar refractivity (Wildman–Crippen MR) is 69.7 cm³/mol. The van der Waals surface area contributed by atoms with Crippen LogP contribution in [-0.4, -0.2) is 41.5 Å². The molecule has 5 nitrogen and oxygen atoms in total. The second-order valence-electron chi connectivity index (χ2n) is 4.51. The molecule has 18 heavy (non-hydrogen) atoms. The van der Waals surface area contributed by atoms with Crippen LogP contribution in [0.4, 0.5) is 0 Å². The number of aromatic nitrogens is 1. The lowest BCUT2D eigenvalue weighted by Gasteiger charge is -2.34. The predicted octanol–water partition coefficient (Wildman–Crippen LogP) is 0.589. The topological polar surface area (TPSA) is 65.2 Å². The highest BCUT2D eigenvalue weighted by Crippen LogP contribution is 2.14. The van der Waals surface area contributed by atoms with Crippen molar-refractivity contribution in [3.63, 3.8) is 0 Å². The van der Waals surface area contributed by atoms with Gasteiger partial charge in [0.15, 0.2) is 0 Å². The fraction of sp³-hybridized carbons (Fsp3) is 0.538. The molecule has 0 aliphatic carbocycles. The van der Waals surface area contributed by atoms with Crippen LogP contribution in [0.3, 0.4) is 0 Å². The van der Waals surface area contributed by atoms with Gasteiger partial charge in [0.1, 0.15) is 0 Å². The Kier molecular flexibility index (Phi) is 4.15. The average Bonchev–Trinajstić information content (AvgIpc) is 2.41. The van der Waals surface area contributed by atoms with Crippen LogP contribution in [0.1, 0.15) is 30.1 Å². The van der Waals surface area contributed by atoms with Crippen LogP contribution < -0.4 is 10.9 Å². The van der Waals surface area contributed by atoms with Crippen molar-refractivity contribution in [2.24, 2.45) is 0 Å². The second kappa shape index (κ2) is 5.82. The number of hydrogen-bond donors (Lipinski definition) is 2. The Morgan fingerprint density at radius 2 is 2.17 bits per heavy atom. The Hall–Kier alpha value is -1.62. The zero-order valence-electron chi connectivity index (χ0n) is 10.6. The van der Waals surface area contributed by atoms with Crippen LogP contribution in [0.2, 0.25) is 0 Å². The number of nitrogens with one attached hydrogen (secondary N) is 2. The molecule has 0 atom stereocenters. The molecule has 0 spiro atoms. The SMILES string of the molecule is CCN(C(=O)c1cc[nH]c(=O)c1)C1CCNCC1. The molecular weight excluding hydrogens is 230 g/mol. The molecule has 5 heteroatoms. The van der Waals surface area contributed by atoms with Crippen LogP contribution in [0, 0.1) is 0 Å². The summed E-state index contributed by atoms with van der Waals surface area (Å²) in [7, 11) is 0. The molecule has 1 aromatic rings. The highest BCUT2D eigenvalue weighted by Gasteiger charge is 2.24. The third-order valence-corrected chi connectivity index (χ3v) is 3.37. The zero-order valence-corrected chi connectivity index (χ0v) is 10.6. The number of piperidine rings is 1. The quantitative estimate of drug-likeness (QED) is 0.824. The van der Waals surface area contributed by atoms with Gasteiger partial charge in [-0.1, -0.05) is 0 Å². The van der Waals surface area contributed by atoms with E-state index in [4.69, 9.17) is 0 Å². The van der Waals surface area contributed by atoms with Crippen LogP contribution in [0.5, 0.6) is 0 Å². The number of carbonyl (C=O) groups is 1. The highest BCUT2D eigenvalue weighted by atomic mass is 16.2. The number of amides is 1. The van der Waals surface area contributed by atoms with Crippen molar-refractivity contribution < 1.29 is 4.79 Å². The standard InChI is InChI=1S/C13H19N3O2/c1-2-16(11-4-6-14-7-5-11)13(18)10-3-8-15-12(17)9-10/h3,8-9,11,14H,2,4-7H2,1H3,(H,15,17). The lowest BCUT2D eigenvalue weighted by molar-refractivity contribution is 0.0656. The summed E-state index contributed by atoms with van der Waals surface area (Å²) in [6.07, 6.45) is 3.47. The van der Waals surface area contributed by atoms with Crippen molar-refractivity contribution in [1.29, 1.82) is 0 Å². The van der Waals surface area contributed by atoms with Crippen LogP contribution in [-0.2, 0) is 0 Å². The van der Waals surface area contributed by atoms with E-state index in [1.54, 1.807) is 6.07 Å². The first kappa shape index (κ1) is 12.8. The first-order valence-electron chi connectivity index (χ1n) is 6.43. The number of pyridine rings is 1. The van der Waals surface area contributed by atoms with Gasteiger partial charge in [-0.25, -0.2) is 0 Å². The number of nitrogens with zero attached hydrogens (tertiary/aromatic N) is 1. The van der Waals surface area contributed by atoms with E-state index in [0.717, 1.165) is 25.9 Å². The first-order chi connectivity index (χ1) is 8.72. The molecule has 98 valence electrons. The number of H-pyrrole nitrogens is 1. The maximum atomic E-state index is 12.4. The molecule has 1 aliphatic rings. The minimum absolute atomic E-state index is 0.0458. The van der Waals surface area contributed by atoms with Crippen molar-refractivity contribution >= 4 is 5.91 Å². The summed E-state index contributed by atoms with van der Waals surface area (Å²) in [5.41, 5.74) is 0.237. The second-order valence-corrected chi connectivity index (χ2v) is 4.51. The molecule has 0 aromatic carbocycles. The van der Waals surface area contributed by atoms with Gasteiger partial charge in [-0.15, -0.1) is 0 Å². The average molecular weight is 249 g/mol. The molecule has 1 saturated heterocycles. The van der Waals surface area contributed by atoms with Gasteiger partial charge in [0.2, 0.25) is 5.56 Å². The first-order valence-corrected chi connectivity index (χ1v) is 6.43. The van der Waals surface area contributed by atoms with Gasteiger partial charge in [0.05, 0.1) is 0 Å². The minimum atomic E-state index is -0.234. The third-order valence-electron chi connectivity index (χ3n) is 3.37. The Labute approximate surface area is 106 Å². The van der Waals surface area contributed by atoms with Crippen LogP contribution in [0.15, 0.2) is 23.1 Å². The molecule has 1 aliphatic heterocycles. The van der Waals surface area contributed by atoms with E-state index >= 15 is 0 Å². The summed E-state index contributed by atoms with van der Waals surface area (Å²) in [5.74, 6) is -0.0458. The normalized spacial score (nSPS) is 16.5. The van der Waals surface area contributed by atoms with Gasteiger partial charge in [0, 0.05) is 30.4 Å². The van der Waals surface area contributed by atoms with Gasteiger partial charge in [-0.3, -0.25) is 9.59 Å². The minimum Gasteiger partial charge on any atom is -0.336 e. The van der Waals surface area contributed by atoms with Gasteiger partial charge >= 0.3 is 0 Å². The molecule has 1 fully saturated rings. The van der Waals surface area contributed by atoms with E-state index in [9.17, 15) is 9.59 Å². The van der Waals surface area contributed by atoms with Crippen molar-refractivity contribution in [3.05, 3.63) is 34.2 Å². The molecular formula is C13H19N3O2. The maximum absolute atomic E-state index is 12.4.